The molecule has 5 heterocycles. The molecule has 350 valence electrons. The van der Waals surface area contributed by atoms with Crippen molar-refractivity contribution in [2.75, 3.05) is 35.5 Å². The molecule has 20 nitrogen and oxygen atoms in total. The second-order valence-corrected chi connectivity index (χ2v) is 20.4. The largest absolute Gasteiger partial charge is 0.481 e. The Morgan fingerprint density at radius 3 is 2.40 bits per heavy atom. The first-order valence-corrected chi connectivity index (χ1v) is 24.9. The second-order valence-electron chi connectivity index (χ2n) is 16.5. The maximum Gasteiger partial charge on any atom is 0.326 e. The van der Waals surface area contributed by atoms with Crippen LogP contribution in [0.3, 0.4) is 0 Å². The maximum absolute atomic E-state index is 14.3. The van der Waals surface area contributed by atoms with Crippen molar-refractivity contribution in [1.82, 2.24) is 29.8 Å². The summed E-state index contributed by atoms with van der Waals surface area (Å²) in [4.78, 5) is 53.0. The summed E-state index contributed by atoms with van der Waals surface area (Å²) in [5.41, 5.74) is 10.0. The number of nitrogens with two attached hydrogens (primary N) is 1. The van der Waals surface area contributed by atoms with Gasteiger partial charge in [-0.2, -0.15) is 18.4 Å². The lowest BCUT2D eigenvalue weighted by Crippen LogP contribution is -2.45. The molecule has 0 spiro atoms. The van der Waals surface area contributed by atoms with Crippen molar-refractivity contribution in [3.8, 4) is 11.5 Å². The fourth-order valence-corrected chi connectivity index (χ4v) is 11.0. The lowest BCUT2D eigenvalue weighted by Gasteiger charge is -2.27. The van der Waals surface area contributed by atoms with Gasteiger partial charge >= 0.3 is 11.9 Å². The van der Waals surface area contributed by atoms with Crippen LogP contribution in [0.2, 0.25) is 0 Å². The van der Waals surface area contributed by atoms with Crippen molar-refractivity contribution in [3.05, 3.63) is 121 Å². The van der Waals surface area contributed by atoms with Crippen LogP contribution in [-0.4, -0.2) is 95.6 Å². The molecule has 0 radical (unpaired) electrons. The number of carbonyl (C=O) groups is 3. The van der Waals surface area contributed by atoms with Crippen molar-refractivity contribution in [2.45, 2.75) is 60.9 Å². The number of amides is 1. The van der Waals surface area contributed by atoms with E-state index in [4.69, 9.17) is 15.6 Å². The minimum absolute atomic E-state index is 0.0572. The molecule has 0 saturated heterocycles. The summed E-state index contributed by atoms with van der Waals surface area (Å²) in [6.07, 6.45) is 4.05. The first kappa shape index (κ1) is 46.0. The number of ether oxygens (including phenoxy) is 1. The molecule has 3 aliphatic heterocycles. The lowest BCUT2D eigenvalue weighted by molar-refractivity contribution is -0.140. The topological polar surface area (TPSA) is 297 Å². The number of fused-ring (bicyclic) bond motifs is 4. The summed E-state index contributed by atoms with van der Waals surface area (Å²) in [6.45, 7) is 1.92. The van der Waals surface area contributed by atoms with E-state index in [0.29, 0.717) is 39.2 Å². The number of anilines is 3. The van der Waals surface area contributed by atoms with Gasteiger partial charge in [0.05, 0.1) is 28.9 Å². The number of halogens is 1. The van der Waals surface area contributed by atoms with E-state index in [0.717, 1.165) is 65.8 Å². The van der Waals surface area contributed by atoms with Gasteiger partial charge in [-0.3, -0.25) is 18.9 Å². The molecule has 0 aliphatic carbocycles. The fraction of sp³-hybridized carbons (Fsp3) is 0.244. The number of carbonyl (C=O) groups excluding carboxylic acids is 1. The van der Waals surface area contributed by atoms with E-state index in [2.05, 4.69) is 50.5 Å². The van der Waals surface area contributed by atoms with E-state index in [1.54, 1.807) is 42.3 Å². The van der Waals surface area contributed by atoms with Gasteiger partial charge in [0.15, 0.2) is 17.0 Å². The van der Waals surface area contributed by atoms with Gasteiger partial charge in [0, 0.05) is 69.5 Å². The van der Waals surface area contributed by atoms with Crippen molar-refractivity contribution in [2.24, 2.45) is 0 Å². The normalized spacial score (nSPS) is 14.5. The Morgan fingerprint density at radius 1 is 0.941 bits per heavy atom. The Bertz CT molecular complexity index is 3500. The second kappa shape index (κ2) is 17.9. The average Bonchev–Trinajstić information content (AvgIpc) is 3.29. The molecule has 0 bridgehead atoms. The number of nitrogen functional groups attached to an aromatic ring is 1. The smallest absolute Gasteiger partial charge is 0.326 e. The molecule has 3 aliphatic rings. The predicted molar refractivity (Wildman–Crippen MR) is 250 cm³/mol. The standard InChI is InChI=1S/C45H40BrN9O11S2/c1-54(27-9-6-23(7-10-27)43(58)50-33(44(59)60)14-15-36(56)57)22-26-21-48-41-38(49-26)42(52-45(47)51-41)53-67(61,62)28-11-13-30(35(20-28)68(63,64)65)37-29-12-8-25(46)19-34(29)66-40-31-5-3-17-55-16-2-4-24(39(31)55)18-32(37)40/h6-13,18-21,33H,2-5,14-17,22H2,1H3,(H6-,47,48,50,51,52,53,56,57,58,59,60,63,64,65)/p+1/t33-/m1/s1. The van der Waals surface area contributed by atoms with E-state index >= 15 is 0 Å². The van der Waals surface area contributed by atoms with Crippen LogP contribution >= 0.6 is 15.9 Å². The van der Waals surface area contributed by atoms with E-state index in [1.807, 2.05) is 6.07 Å². The van der Waals surface area contributed by atoms with Crippen LogP contribution < -0.4 is 40.6 Å². The van der Waals surface area contributed by atoms with Gasteiger partial charge in [0.25, 0.3) is 26.0 Å². The molecule has 9 rings (SSSR count). The molecular formula is C45H41BrN9O11S2+. The lowest BCUT2D eigenvalue weighted by atomic mass is 9.87. The molecule has 2 aromatic heterocycles. The van der Waals surface area contributed by atoms with Crippen molar-refractivity contribution < 1.29 is 50.7 Å². The number of rotatable bonds is 14. The number of aliphatic carboxylic acids is 2. The Labute approximate surface area is 396 Å². The number of nitrogens with zero attached hydrogens (tertiary/aromatic N) is 6. The van der Waals surface area contributed by atoms with Gasteiger partial charge in [-0.25, -0.2) is 27.8 Å². The van der Waals surface area contributed by atoms with Crippen molar-refractivity contribution >= 4 is 88.1 Å². The highest BCUT2D eigenvalue weighted by Crippen LogP contribution is 2.41. The number of aryl methyl sites for hydroxylation is 1. The molecular weight excluding hydrogens is 987 g/mol. The zero-order chi connectivity index (χ0) is 48.2. The van der Waals surface area contributed by atoms with Gasteiger partial charge in [0.2, 0.25) is 11.3 Å². The summed E-state index contributed by atoms with van der Waals surface area (Å²) >= 11 is 3.52. The summed E-state index contributed by atoms with van der Waals surface area (Å²) in [7, 11) is -8.07. The minimum Gasteiger partial charge on any atom is -0.481 e. The number of carboxylic acids is 2. The molecule has 23 heteroatoms. The summed E-state index contributed by atoms with van der Waals surface area (Å²) in [5, 5.41) is 22.4. The Kier molecular flexibility index (Phi) is 12.1. The molecule has 68 heavy (non-hydrogen) atoms. The number of nitrogens with one attached hydrogen (secondary N) is 2. The number of hydrogen-bond acceptors (Lipinski definition) is 14. The van der Waals surface area contributed by atoms with Gasteiger partial charge in [-0.15, -0.1) is 0 Å². The minimum atomic E-state index is -5.09. The zero-order valence-corrected chi connectivity index (χ0v) is 39.2. The molecule has 7 N–H and O–H groups in total. The van der Waals surface area contributed by atoms with Gasteiger partial charge < -0.3 is 30.9 Å². The Morgan fingerprint density at radius 2 is 1.68 bits per heavy atom. The van der Waals surface area contributed by atoms with Crippen LogP contribution in [-0.2, 0) is 49.1 Å². The molecule has 0 unspecified atom stereocenters. The summed E-state index contributed by atoms with van der Waals surface area (Å²) in [6, 6.07) is 15.5. The van der Waals surface area contributed by atoms with Crippen LogP contribution in [0.25, 0.3) is 16.7 Å². The van der Waals surface area contributed by atoms with E-state index in [-0.39, 0.29) is 47.0 Å². The molecule has 4 aromatic carbocycles. The van der Waals surface area contributed by atoms with E-state index in [1.165, 1.54) is 30.5 Å². The monoisotopic (exact) mass is 1030 g/mol. The highest BCUT2D eigenvalue weighted by molar-refractivity contribution is 9.10. The van der Waals surface area contributed by atoms with E-state index in [9.17, 15) is 40.9 Å². The van der Waals surface area contributed by atoms with Crippen LogP contribution in [0.5, 0.6) is 11.5 Å². The third kappa shape index (κ3) is 9.03. The van der Waals surface area contributed by atoms with Crippen LogP contribution in [0.15, 0.2) is 87.2 Å². The van der Waals surface area contributed by atoms with Crippen LogP contribution in [0.1, 0.15) is 64.0 Å². The Balaban J connectivity index is 1.03. The number of aromatic nitrogens is 4. The number of sulfonamides is 1. The third-order valence-electron chi connectivity index (χ3n) is 11.9. The van der Waals surface area contributed by atoms with E-state index < -0.39 is 60.2 Å². The van der Waals surface area contributed by atoms with Crippen molar-refractivity contribution in [1.29, 1.82) is 0 Å². The molecule has 0 fully saturated rings. The summed E-state index contributed by atoms with van der Waals surface area (Å²) < 4.78 is 78.2. The van der Waals surface area contributed by atoms with Crippen LogP contribution in [0.4, 0.5) is 17.5 Å². The first-order valence-electron chi connectivity index (χ1n) is 21.1. The quantitative estimate of drug-likeness (QED) is 0.0673. The Hall–Kier alpha value is -7.08. The highest BCUT2D eigenvalue weighted by Gasteiger charge is 2.34. The molecule has 1 amide bonds. The predicted octanol–water partition coefficient (Wildman–Crippen LogP) is 3.23. The van der Waals surface area contributed by atoms with Gasteiger partial charge in [0.1, 0.15) is 35.5 Å². The first-order chi connectivity index (χ1) is 32.3. The van der Waals surface area contributed by atoms with Crippen LogP contribution in [0, 0.1) is 0 Å². The molecule has 0 saturated carbocycles. The van der Waals surface area contributed by atoms with Gasteiger partial charge in [-0.1, -0.05) is 22.0 Å². The SMILES string of the molecule is CN(Cc1cnc2nc(N)nc(NS(=O)(=O)c3ccc(C4=c5cc6c7c(c5Oc5cc(Br)ccc54)CCC[N+]=7CCC6)c(S(=O)(=O)O)c3)c2n1)c1ccc(C(=O)N[C@H](CCC(=O)O)C(=O)O)cc1. The fourth-order valence-electron chi connectivity index (χ4n) is 8.82. The molecule has 1 atom stereocenters. The summed E-state index contributed by atoms with van der Waals surface area (Å²) in [5.74, 6) is -2.94. The number of hydrogen-bond donors (Lipinski definition) is 6. The number of carboxylic acid groups (broad SMARTS) is 2. The highest BCUT2D eigenvalue weighted by atomic mass is 79.9. The maximum atomic E-state index is 14.3. The molecule has 6 aromatic rings. The third-order valence-corrected chi connectivity index (χ3v) is 14.6. The van der Waals surface area contributed by atoms with Crippen molar-refractivity contribution in [3.63, 3.8) is 0 Å². The van der Waals surface area contributed by atoms with Gasteiger partial charge in [-0.05, 0) is 79.9 Å². The number of benzene rings is 4. The average molecular weight is 1030 g/mol. The zero-order valence-electron chi connectivity index (χ0n) is 35.9.